The van der Waals surface area contributed by atoms with Crippen LogP contribution in [0.4, 0.5) is 4.39 Å². The van der Waals surface area contributed by atoms with E-state index in [0.717, 1.165) is 12.5 Å². The van der Waals surface area contributed by atoms with Gasteiger partial charge in [-0.05, 0) is 18.1 Å². The summed E-state index contributed by atoms with van der Waals surface area (Å²) in [6.07, 6.45) is -1.58. The van der Waals surface area contributed by atoms with Crippen molar-refractivity contribution < 1.29 is 28.6 Å². The van der Waals surface area contributed by atoms with Crippen LogP contribution in [-0.2, 0) is 19.1 Å². The zero-order valence-corrected chi connectivity index (χ0v) is 13.4. The zero-order valence-electron chi connectivity index (χ0n) is 13.4. The number of carbonyl (C=O) groups excluding carboxylic acids is 2. The van der Waals surface area contributed by atoms with E-state index in [0.29, 0.717) is 6.42 Å². The van der Waals surface area contributed by atoms with Crippen molar-refractivity contribution in [1.82, 2.24) is 0 Å². The lowest BCUT2D eigenvalue weighted by Crippen LogP contribution is -2.46. The lowest BCUT2D eigenvalue weighted by atomic mass is 9.97. The summed E-state index contributed by atoms with van der Waals surface area (Å²) in [7, 11) is 0. The Morgan fingerprint density at radius 1 is 1.38 bits per heavy atom. The van der Waals surface area contributed by atoms with Gasteiger partial charge >= 0.3 is 11.9 Å². The second-order valence-corrected chi connectivity index (χ2v) is 5.62. The average Bonchev–Trinajstić information content (AvgIpc) is 2.61. The van der Waals surface area contributed by atoms with Crippen LogP contribution in [0, 0.1) is 0 Å². The molecule has 0 unspecified atom stereocenters. The number of aliphatic hydroxyl groups is 1. The Labute approximate surface area is 140 Å². The molecule has 0 aliphatic carbocycles. The van der Waals surface area contributed by atoms with Gasteiger partial charge < -0.3 is 14.6 Å². The highest BCUT2D eigenvalue weighted by Gasteiger charge is 2.40. The van der Waals surface area contributed by atoms with Gasteiger partial charge in [-0.1, -0.05) is 43.7 Å². The van der Waals surface area contributed by atoms with Crippen LogP contribution in [0.2, 0.25) is 0 Å². The fourth-order valence-electron chi connectivity index (χ4n) is 2.43. The smallest absolute Gasteiger partial charge is 0.331 e. The summed E-state index contributed by atoms with van der Waals surface area (Å²) in [6, 6.07) is 8.06. The molecule has 0 bridgehead atoms. The number of aliphatic hydroxyl groups excluding tert-OH is 1. The molecular weight excluding hydrogens is 315 g/mol. The maximum atomic E-state index is 14.5. The number of benzene rings is 1. The quantitative estimate of drug-likeness (QED) is 0.775. The average molecular weight is 336 g/mol. The van der Waals surface area contributed by atoms with Gasteiger partial charge in [-0.2, -0.15) is 0 Å². The van der Waals surface area contributed by atoms with E-state index in [1.165, 1.54) is 18.2 Å². The number of carbonyl (C=O) groups is 2. The molecule has 0 saturated heterocycles. The fraction of sp³-hybridized carbons (Fsp3) is 0.444. The number of hydrogen-bond acceptors (Lipinski definition) is 5. The van der Waals surface area contributed by atoms with Gasteiger partial charge in [0.25, 0.3) is 0 Å². The van der Waals surface area contributed by atoms with Crippen LogP contribution in [0.3, 0.4) is 0 Å². The van der Waals surface area contributed by atoms with Crippen LogP contribution < -0.4 is 0 Å². The number of hydrogen-bond donors (Lipinski definition) is 1. The summed E-state index contributed by atoms with van der Waals surface area (Å²) in [5.74, 6) is -1.18. The van der Waals surface area contributed by atoms with Gasteiger partial charge in [0, 0.05) is 12.5 Å². The molecule has 5 nitrogen and oxygen atoms in total. The largest absolute Gasteiger partial charge is 0.454 e. The monoisotopic (exact) mass is 336 g/mol. The molecule has 0 amide bonds. The van der Waals surface area contributed by atoms with Crippen LogP contribution >= 0.6 is 0 Å². The Hall–Kier alpha value is -2.21. The molecule has 1 aliphatic heterocycles. The van der Waals surface area contributed by atoms with Crippen molar-refractivity contribution in [3.05, 3.63) is 48.0 Å². The third-order valence-electron chi connectivity index (χ3n) is 3.75. The number of alkyl halides is 1. The Kier molecular flexibility index (Phi) is 6.49. The molecule has 1 aromatic rings. The number of rotatable bonds is 7. The van der Waals surface area contributed by atoms with Gasteiger partial charge in [0.2, 0.25) is 0 Å². The normalized spacial score (nSPS) is 22.5. The molecule has 130 valence electrons. The first-order chi connectivity index (χ1) is 11.5. The van der Waals surface area contributed by atoms with Crippen LogP contribution in [-0.4, -0.2) is 35.4 Å². The van der Waals surface area contributed by atoms with Gasteiger partial charge in [0.15, 0.2) is 18.4 Å². The molecule has 1 aromatic carbocycles. The molecule has 2 rings (SSSR count). The van der Waals surface area contributed by atoms with Crippen LogP contribution in [0.1, 0.15) is 37.9 Å². The van der Waals surface area contributed by atoms with Crippen molar-refractivity contribution in [2.75, 3.05) is 0 Å². The highest BCUT2D eigenvalue weighted by Crippen LogP contribution is 2.28. The Balaban J connectivity index is 2.10. The molecule has 0 radical (unpaired) electrons. The summed E-state index contributed by atoms with van der Waals surface area (Å²) in [4.78, 5) is 23.2. The molecule has 1 heterocycles. The molecule has 0 spiro atoms. The molecule has 1 N–H and O–H groups in total. The standard InChI is InChI=1S/C18H21FO5/c1-2-3-9-14(20)23-13-10-11-15(21)24-18(13)17(22)16(19)12-7-5-4-6-8-12/h4-8,10-11,13,16-18,22H,2-3,9H2,1H3/t13-,16+,17-,18+/m0/s1. The Morgan fingerprint density at radius 2 is 2.08 bits per heavy atom. The van der Waals surface area contributed by atoms with E-state index < -0.39 is 36.4 Å². The minimum atomic E-state index is -1.77. The van der Waals surface area contributed by atoms with E-state index in [1.807, 2.05) is 6.92 Å². The van der Waals surface area contributed by atoms with Gasteiger partial charge in [-0.3, -0.25) is 4.79 Å². The van der Waals surface area contributed by atoms with E-state index in [-0.39, 0.29) is 12.0 Å². The second-order valence-electron chi connectivity index (χ2n) is 5.62. The van der Waals surface area contributed by atoms with Crippen molar-refractivity contribution in [2.24, 2.45) is 0 Å². The number of ether oxygens (including phenoxy) is 2. The second kappa shape index (κ2) is 8.59. The summed E-state index contributed by atoms with van der Waals surface area (Å²) in [5, 5.41) is 10.3. The molecular formula is C18H21FO5. The fourth-order valence-corrected chi connectivity index (χ4v) is 2.43. The zero-order chi connectivity index (χ0) is 17.5. The predicted molar refractivity (Wildman–Crippen MR) is 84.7 cm³/mol. The molecule has 1 aliphatic rings. The van der Waals surface area contributed by atoms with Gasteiger partial charge in [0.05, 0.1) is 0 Å². The van der Waals surface area contributed by atoms with Gasteiger partial charge in [0.1, 0.15) is 6.10 Å². The summed E-state index contributed by atoms with van der Waals surface area (Å²) >= 11 is 0. The molecule has 6 heteroatoms. The summed E-state index contributed by atoms with van der Waals surface area (Å²) in [5.41, 5.74) is 0.256. The highest BCUT2D eigenvalue weighted by atomic mass is 19.1. The maximum absolute atomic E-state index is 14.5. The maximum Gasteiger partial charge on any atom is 0.331 e. The number of esters is 2. The summed E-state index contributed by atoms with van der Waals surface area (Å²) in [6.45, 7) is 1.94. The highest BCUT2D eigenvalue weighted by molar-refractivity contribution is 5.83. The predicted octanol–water partition coefficient (Wildman–Crippen LogP) is 2.64. The minimum Gasteiger partial charge on any atom is -0.454 e. The van der Waals surface area contributed by atoms with E-state index in [4.69, 9.17) is 9.47 Å². The third kappa shape index (κ3) is 4.64. The van der Waals surface area contributed by atoms with Crippen molar-refractivity contribution in [3.8, 4) is 0 Å². The number of cyclic esters (lactones) is 1. The first-order valence-electron chi connectivity index (χ1n) is 7.98. The third-order valence-corrected chi connectivity index (χ3v) is 3.75. The first kappa shape index (κ1) is 18.1. The Bertz CT molecular complexity index is 586. The molecule has 0 aromatic heterocycles. The van der Waals surface area contributed by atoms with Crippen molar-refractivity contribution in [3.63, 3.8) is 0 Å². The SMILES string of the molecule is CCCCC(=O)O[C@H]1C=CC(=O)O[C@H]1[C@@H](O)[C@H](F)c1ccccc1. The van der Waals surface area contributed by atoms with E-state index in [9.17, 15) is 19.1 Å². The van der Waals surface area contributed by atoms with Crippen LogP contribution in [0.15, 0.2) is 42.5 Å². The Morgan fingerprint density at radius 3 is 2.75 bits per heavy atom. The van der Waals surface area contributed by atoms with Crippen LogP contribution in [0.25, 0.3) is 0 Å². The van der Waals surface area contributed by atoms with Crippen molar-refractivity contribution >= 4 is 11.9 Å². The van der Waals surface area contributed by atoms with E-state index in [1.54, 1.807) is 18.2 Å². The molecule has 0 fully saturated rings. The van der Waals surface area contributed by atoms with Gasteiger partial charge in [-0.25, -0.2) is 9.18 Å². The molecule has 4 atom stereocenters. The van der Waals surface area contributed by atoms with Crippen molar-refractivity contribution in [1.29, 1.82) is 0 Å². The first-order valence-corrected chi connectivity index (χ1v) is 7.98. The lowest BCUT2D eigenvalue weighted by molar-refractivity contribution is -0.176. The van der Waals surface area contributed by atoms with Crippen molar-refractivity contribution in [2.45, 2.75) is 50.7 Å². The van der Waals surface area contributed by atoms with Crippen LogP contribution in [0.5, 0.6) is 0 Å². The summed E-state index contributed by atoms with van der Waals surface area (Å²) < 4.78 is 24.8. The van der Waals surface area contributed by atoms with Gasteiger partial charge in [-0.15, -0.1) is 0 Å². The van der Waals surface area contributed by atoms with E-state index in [2.05, 4.69) is 0 Å². The topological polar surface area (TPSA) is 72.8 Å². The minimum absolute atomic E-state index is 0.218. The molecule has 24 heavy (non-hydrogen) atoms. The van der Waals surface area contributed by atoms with E-state index >= 15 is 0 Å². The molecule has 0 saturated carbocycles. The number of unbranched alkanes of at least 4 members (excludes halogenated alkanes) is 1. The number of halogens is 1. The lowest BCUT2D eigenvalue weighted by Gasteiger charge is -2.32.